The Bertz CT molecular complexity index is 1240. The minimum atomic E-state index is -0.315. The van der Waals surface area contributed by atoms with Crippen LogP contribution >= 0.6 is 0 Å². The third-order valence-electron chi connectivity index (χ3n) is 5.35. The first kappa shape index (κ1) is 17.6. The van der Waals surface area contributed by atoms with E-state index < -0.39 is 0 Å². The number of hydrogen-bond donors (Lipinski definition) is 0. The monoisotopic (exact) mass is 390 g/mol. The van der Waals surface area contributed by atoms with Crippen LogP contribution in [0.5, 0.6) is 11.5 Å². The minimum absolute atomic E-state index is 0.315. The SMILES string of the molecule is CCn1cnc2c(-c3ccc(F)c(-c4c(OC)ccc5c4CCO5)c3)cnnc21. The largest absolute Gasteiger partial charge is 0.496 e. The number of halogens is 1. The van der Waals surface area contributed by atoms with Crippen LogP contribution in [0, 0.1) is 5.82 Å². The van der Waals surface area contributed by atoms with Gasteiger partial charge in [-0.25, -0.2) is 9.37 Å². The predicted molar refractivity (Wildman–Crippen MR) is 108 cm³/mol. The van der Waals surface area contributed by atoms with Crippen LogP contribution in [0.15, 0.2) is 42.9 Å². The van der Waals surface area contributed by atoms with Gasteiger partial charge in [-0.1, -0.05) is 6.07 Å². The second kappa shape index (κ2) is 6.84. The van der Waals surface area contributed by atoms with Crippen molar-refractivity contribution in [2.45, 2.75) is 19.9 Å². The molecule has 0 saturated carbocycles. The number of imidazole rings is 1. The van der Waals surface area contributed by atoms with Crippen LogP contribution in [-0.2, 0) is 13.0 Å². The molecule has 2 aromatic carbocycles. The van der Waals surface area contributed by atoms with Crippen LogP contribution in [0.4, 0.5) is 4.39 Å². The number of benzene rings is 2. The van der Waals surface area contributed by atoms with Gasteiger partial charge >= 0.3 is 0 Å². The fourth-order valence-electron chi connectivity index (χ4n) is 3.92. The summed E-state index contributed by atoms with van der Waals surface area (Å²) in [6, 6.07) is 8.74. The fourth-order valence-corrected chi connectivity index (χ4v) is 3.92. The summed E-state index contributed by atoms with van der Waals surface area (Å²) in [6.45, 7) is 3.35. The fraction of sp³-hybridized carbons (Fsp3) is 0.227. The molecule has 0 saturated heterocycles. The van der Waals surface area contributed by atoms with Gasteiger partial charge < -0.3 is 14.0 Å². The van der Waals surface area contributed by atoms with E-state index in [1.165, 1.54) is 6.07 Å². The lowest BCUT2D eigenvalue weighted by atomic mass is 9.93. The Labute approximate surface area is 166 Å². The highest BCUT2D eigenvalue weighted by atomic mass is 19.1. The number of methoxy groups -OCH3 is 1. The topological polar surface area (TPSA) is 62.1 Å². The molecule has 0 unspecified atom stereocenters. The highest BCUT2D eigenvalue weighted by Crippen LogP contribution is 2.43. The quantitative estimate of drug-likeness (QED) is 0.521. The van der Waals surface area contributed by atoms with Gasteiger partial charge in [0, 0.05) is 35.2 Å². The van der Waals surface area contributed by atoms with Crippen molar-refractivity contribution in [3.63, 3.8) is 0 Å². The van der Waals surface area contributed by atoms with E-state index in [9.17, 15) is 4.39 Å². The Morgan fingerprint density at radius 1 is 1.21 bits per heavy atom. The Hall–Kier alpha value is -3.48. The Morgan fingerprint density at radius 3 is 2.93 bits per heavy atom. The first-order valence-electron chi connectivity index (χ1n) is 9.50. The molecule has 146 valence electrons. The van der Waals surface area contributed by atoms with E-state index in [1.807, 2.05) is 29.7 Å². The normalized spacial score (nSPS) is 12.8. The van der Waals surface area contributed by atoms with Crippen molar-refractivity contribution in [3.05, 3.63) is 54.2 Å². The lowest BCUT2D eigenvalue weighted by molar-refractivity contribution is 0.356. The maximum absolute atomic E-state index is 15.0. The number of aromatic nitrogens is 4. The van der Waals surface area contributed by atoms with Crippen LogP contribution in [0.1, 0.15) is 12.5 Å². The highest BCUT2D eigenvalue weighted by Gasteiger charge is 2.24. The summed E-state index contributed by atoms with van der Waals surface area (Å²) in [7, 11) is 1.59. The number of ether oxygens (including phenoxy) is 2. The molecule has 5 rings (SSSR count). The molecule has 3 heterocycles. The third kappa shape index (κ3) is 2.73. The summed E-state index contributed by atoms with van der Waals surface area (Å²) < 4.78 is 28.1. The third-order valence-corrected chi connectivity index (χ3v) is 5.35. The molecule has 6 nitrogen and oxygen atoms in total. The molecule has 1 aliphatic rings. The summed E-state index contributed by atoms with van der Waals surface area (Å²) in [5.74, 6) is 1.09. The Kier molecular flexibility index (Phi) is 4.16. The van der Waals surface area contributed by atoms with Crippen LogP contribution in [0.3, 0.4) is 0 Å². The van der Waals surface area contributed by atoms with Gasteiger partial charge in [0.15, 0.2) is 5.65 Å². The van der Waals surface area contributed by atoms with Crippen LogP contribution < -0.4 is 9.47 Å². The Morgan fingerprint density at radius 2 is 2.10 bits per heavy atom. The predicted octanol–water partition coefficient (Wildman–Crippen LogP) is 4.26. The minimum Gasteiger partial charge on any atom is -0.496 e. The molecule has 2 aromatic heterocycles. The van der Waals surface area contributed by atoms with Crippen LogP contribution in [0.25, 0.3) is 33.4 Å². The van der Waals surface area contributed by atoms with Gasteiger partial charge in [-0.2, -0.15) is 5.10 Å². The van der Waals surface area contributed by atoms with Crippen LogP contribution in [0.2, 0.25) is 0 Å². The van der Waals surface area contributed by atoms with E-state index in [1.54, 1.807) is 25.7 Å². The summed E-state index contributed by atoms with van der Waals surface area (Å²) in [5, 5.41) is 8.35. The summed E-state index contributed by atoms with van der Waals surface area (Å²) in [4.78, 5) is 4.50. The van der Waals surface area contributed by atoms with Crippen LogP contribution in [-0.4, -0.2) is 33.5 Å². The van der Waals surface area contributed by atoms with Crippen molar-refractivity contribution in [2.75, 3.05) is 13.7 Å². The maximum atomic E-state index is 15.0. The lowest BCUT2D eigenvalue weighted by Crippen LogP contribution is -1.97. The van der Waals surface area contributed by atoms with Gasteiger partial charge in [0.2, 0.25) is 0 Å². The molecule has 0 N–H and O–H groups in total. The zero-order chi connectivity index (χ0) is 20.0. The molecular weight excluding hydrogens is 371 g/mol. The molecule has 0 atom stereocenters. The number of hydrogen-bond acceptors (Lipinski definition) is 5. The van der Waals surface area contributed by atoms with Gasteiger partial charge in [-0.15, -0.1) is 5.10 Å². The van der Waals surface area contributed by atoms with Gasteiger partial charge in [0.1, 0.15) is 22.8 Å². The second-order valence-electron chi connectivity index (χ2n) is 6.87. The smallest absolute Gasteiger partial charge is 0.183 e. The summed E-state index contributed by atoms with van der Waals surface area (Å²) >= 11 is 0. The highest BCUT2D eigenvalue weighted by molar-refractivity contribution is 5.91. The maximum Gasteiger partial charge on any atom is 0.183 e. The van der Waals surface area contributed by atoms with Gasteiger partial charge in [-0.05, 0) is 36.8 Å². The van der Waals surface area contributed by atoms with Gasteiger partial charge in [0.25, 0.3) is 0 Å². The van der Waals surface area contributed by atoms with Gasteiger partial charge in [-0.3, -0.25) is 0 Å². The average Bonchev–Trinajstić information content (AvgIpc) is 3.40. The first-order valence-corrected chi connectivity index (χ1v) is 9.50. The summed E-state index contributed by atoms with van der Waals surface area (Å²) in [5.41, 5.74) is 5.26. The second-order valence-corrected chi connectivity index (χ2v) is 6.87. The number of nitrogens with zero attached hydrogens (tertiary/aromatic N) is 4. The molecule has 1 aliphatic heterocycles. The first-order chi connectivity index (χ1) is 14.2. The van der Waals surface area contributed by atoms with Crippen molar-refractivity contribution < 1.29 is 13.9 Å². The van der Waals surface area contributed by atoms with E-state index in [0.717, 1.165) is 40.1 Å². The van der Waals surface area contributed by atoms with E-state index in [4.69, 9.17) is 9.47 Å². The molecule has 7 heteroatoms. The number of rotatable bonds is 4. The molecule has 0 radical (unpaired) electrons. The van der Waals surface area contributed by atoms with Crippen molar-refractivity contribution >= 4 is 11.2 Å². The average molecular weight is 390 g/mol. The van der Waals surface area contributed by atoms with E-state index in [-0.39, 0.29) is 5.82 Å². The van der Waals surface area contributed by atoms with E-state index >= 15 is 0 Å². The van der Waals surface area contributed by atoms with E-state index in [2.05, 4.69) is 15.2 Å². The molecule has 29 heavy (non-hydrogen) atoms. The Balaban J connectivity index is 1.73. The number of fused-ring (bicyclic) bond motifs is 2. The molecular formula is C22H19FN4O2. The van der Waals surface area contributed by atoms with Crippen molar-refractivity contribution in [1.29, 1.82) is 0 Å². The molecule has 4 aromatic rings. The zero-order valence-corrected chi connectivity index (χ0v) is 16.1. The van der Waals surface area contributed by atoms with Crippen molar-refractivity contribution in [2.24, 2.45) is 0 Å². The summed E-state index contributed by atoms with van der Waals surface area (Å²) in [6.07, 6.45) is 4.13. The molecule has 0 bridgehead atoms. The molecule has 0 amide bonds. The standard InChI is InChI=1S/C22H19FN4O2/c1-3-27-12-24-21-16(11-25-26-22(21)27)13-4-5-17(23)15(10-13)20-14-8-9-29-18(14)6-7-19(20)28-2/h4-7,10-12H,3,8-9H2,1-2H3. The molecule has 0 aliphatic carbocycles. The zero-order valence-electron chi connectivity index (χ0n) is 16.1. The molecule has 0 spiro atoms. The molecule has 0 fully saturated rings. The van der Waals surface area contributed by atoms with Gasteiger partial charge in [0.05, 0.1) is 26.2 Å². The van der Waals surface area contributed by atoms with E-state index in [0.29, 0.717) is 30.0 Å². The van der Waals surface area contributed by atoms with Crippen molar-refractivity contribution in [3.8, 4) is 33.8 Å². The lowest BCUT2D eigenvalue weighted by Gasteiger charge is -2.15. The van der Waals surface area contributed by atoms with Crippen molar-refractivity contribution in [1.82, 2.24) is 19.7 Å². The number of aryl methyl sites for hydroxylation is 1.